The summed E-state index contributed by atoms with van der Waals surface area (Å²) >= 11 is 0. The highest BCUT2D eigenvalue weighted by atomic mass is 16.8. The quantitative estimate of drug-likeness (QED) is 0.0366. The number of hydrogen-bond donors (Lipinski definition) is 19. The van der Waals surface area contributed by atoms with Crippen LogP contribution in [0.2, 0.25) is 0 Å². The maximum absolute atomic E-state index is 15.7. The van der Waals surface area contributed by atoms with E-state index in [0.29, 0.717) is 51.4 Å². The zero-order valence-corrected chi connectivity index (χ0v) is 57.8. The van der Waals surface area contributed by atoms with E-state index in [9.17, 15) is 97.0 Å². The molecule has 7 heterocycles. The molecule has 0 bridgehead atoms. The number of hydrogen-bond acceptors (Lipinski definition) is 34. The van der Waals surface area contributed by atoms with E-state index in [0.717, 1.165) is 5.57 Å². The molecule has 7 saturated heterocycles. The molecule has 580 valence electrons. The van der Waals surface area contributed by atoms with Gasteiger partial charge in [0.05, 0.1) is 76.6 Å². The Morgan fingerprint density at radius 3 is 1.64 bits per heavy atom. The van der Waals surface area contributed by atoms with Crippen LogP contribution in [-0.4, -0.2) is 346 Å². The van der Waals surface area contributed by atoms with Crippen molar-refractivity contribution in [2.75, 3.05) is 52.9 Å². The van der Waals surface area contributed by atoms with Crippen LogP contribution in [0.25, 0.3) is 0 Å². The first kappa shape index (κ1) is 78.5. The molecule has 39 atom stereocenters. The van der Waals surface area contributed by atoms with Gasteiger partial charge in [-0.15, -0.1) is 0 Å². The van der Waals surface area contributed by atoms with E-state index in [1.807, 2.05) is 6.92 Å². The van der Waals surface area contributed by atoms with Gasteiger partial charge >= 0.3 is 5.97 Å². The van der Waals surface area contributed by atoms with E-state index < -0.39 is 282 Å². The number of ether oxygens (including phenoxy) is 14. The number of esters is 1. The van der Waals surface area contributed by atoms with Crippen molar-refractivity contribution in [2.45, 2.75) is 296 Å². The molecule has 0 aromatic carbocycles. The highest BCUT2D eigenvalue weighted by molar-refractivity contribution is 5.79. The number of carbonyl (C=O) groups excluding carboxylic acids is 1. The van der Waals surface area contributed by atoms with E-state index >= 15 is 4.79 Å². The molecule has 101 heavy (non-hydrogen) atoms. The van der Waals surface area contributed by atoms with E-state index in [-0.39, 0.29) is 23.7 Å². The predicted octanol–water partition coefficient (Wildman–Crippen LogP) is -6.39. The molecule has 0 spiro atoms. The van der Waals surface area contributed by atoms with Gasteiger partial charge in [-0.05, 0) is 104 Å². The second-order valence-electron chi connectivity index (χ2n) is 32.6. The second-order valence-corrected chi connectivity index (χ2v) is 32.6. The van der Waals surface area contributed by atoms with Gasteiger partial charge in [-0.3, -0.25) is 4.79 Å². The minimum atomic E-state index is -2.13. The summed E-state index contributed by atoms with van der Waals surface area (Å²) in [6.45, 7) is 9.39. The zero-order valence-electron chi connectivity index (χ0n) is 57.8. The van der Waals surface area contributed by atoms with E-state index in [4.69, 9.17) is 66.3 Å². The van der Waals surface area contributed by atoms with Crippen LogP contribution >= 0.6 is 0 Å². The minimum Gasteiger partial charge on any atom is -0.432 e. The van der Waals surface area contributed by atoms with Gasteiger partial charge in [0.25, 0.3) is 0 Å². The Bertz CT molecular complexity index is 2880. The highest BCUT2D eigenvalue weighted by Gasteiger charge is 2.72. The number of fused-ring (bicyclic) bond motifs is 7. The smallest absolute Gasteiger partial charge is 0.315 e. The summed E-state index contributed by atoms with van der Waals surface area (Å²) in [4.78, 5) is 15.7. The number of aliphatic hydroxyl groups excluding tert-OH is 18. The summed E-state index contributed by atoms with van der Waals surface area (Å²) in [6.07, 6.45) is -43.9. The molecule has 0 aromatic heterocycles. The van der Waals surface area contributed by atoms with Crippen LogP contribution in [0.3, 0.4) is 0 Å². The van der Waals surface area contributed by atoms with Crippen molar-refractivity contribution in [3.8, 4) is 0 Å². The summed E-state index contributed by atoms with van der Waals surface area (Å²) < 4.78 is 83.5. The van der Waals surface area contributed by atoms with Crippen molar-refractivity contribution in [2.24, 2.45) is 50.2 Å². The molecule has 19 N–H and O–H groups in total. The molecule has 11 fully saturated rings. The molecule has 0 radical (unpaired) electrons. The van der Waals surface area contributed by atoms with Gasteiger partial charge in [-0.2, -0.15) is 0 Å². The van der Waals surface area contributed by atoms with E-state index in [1.54, 1.807) is 0 Å². The summed E-state index contributed by atoms with van der Waals surface area (Å²) in [5, 5.41) is 210. The molecule has 0 aromatic rings. The first-order valence-electron chi connectivity index (χ1n) is 35.5. The van der Waals surface area contributed by atoms with Gasteiger partial charge in [0, 0.05) is 5.41 Å². The lowest BCUT2D eigenvalue weighted by Gasteiger charge is -2.72. The van der Waals surface area contributed by atoms with Crippen LogP contribution in [0, 0.1) is 50.2 Å². The van der Waals surface area contributed by atoms with Gasteiger partial charge in [0.15, 0.2) is 43.8 Å². The first-order chi connectivity index (χ1) is 47.5. The third-order valence-electron chi connectivity index (χ3n) is 26.0. The Balaban J connectivity index is 0.771. The number of allylic oxidation sites excluding steroid dienone is 2. The highest BCUT2D eigenvalue weighted by Crippen LogP contribution is 2.76. The molecule has 0 amide bonds. The van der Waals surface area contributed by atoms with Gasteiger partial charge in [0.2, 0.25) is 6.29 Å². The lowest BCUT2D eigenvalue weighted by molar-refractivity contribution is -0.390. The molecule has 12 aliphatic rings. The largest absolute Gasteiger partial charge is 0.432 e. The van der Waals surface area contributed by atoms with Crippen LogP contribution in [-0.2, 0) is 71.1 Å². The van der Waals surface area contributed by atoms with Crippen LogP contribution in [0.5, 0.6) is 0 Å². The third kappa shape index (κ3) is 13.5. The first-order valence-corrected chi connectivity index (χ1v) is 35.5. The molecule has 34 heteroatoms. The molecular weight excluding hydrogens is 1350 g/mol. The average Bonchev–Trinajstić information content (AvgIpc) is 0.946. The van der Waals surface area contributed by atoms with E-state index in [2.05, 4.69) is 40.7 Å². The van der Waals surface area contributed by atoms with Crippen LogP contribution < -0.4 is 0 Å². The maximum Gasteiger partial charge on any atom is 0.315 e. The Hall–Kier alpha value is -2.07. The molecular formula is C67H108O34. The normalized spacial score (nSPS) is 55.3. The monoisotopic (exact) mass is 1460 g/mol. The van der Waals surface area contributed by atoms with Gasteiger partial charge in [0.1, 0.15) is 122 Å². The molecule has 34 nitrogen and oxygen atoms in total. The number of rotatable bonds is 17. The van der Waals surface area contributed by atoms with Crippen molar-refractivity contribution >= 4 is 5.97 Å². The van der Waals surface area contributed by atoms with Crippen LogP contribution in [0.4, 0.5) is 0 Å². The molecule has 4 saturated carbocycles. The summed E-state index contributed by atoms with van der Waals surface area (Å²) in [5.74, 6) is -1.50. The average molecular weight is 1460 g/mol. The number of carbonyl (C=O) groups is 1. The fourth-order valence-electron chi connectivity index (χ4n) is 19.7. The fourth-order valence-corrected chi connectivity index (χ4v) is 19.7. The predicted molar refractivity (Wildman–Crippen MR) is 332 cm³/mol. The van der Waals surface area contributed by atoms with Gasteiger partial charge in [-0.1, -0.05) is 53.2 Å². The Kier molecular flexibility index (Phi) is 22.8. The lowest BCUT2D eigenvalue weighted by atomic mass is 9.33. The SMILES string of the molecule is C[C@@H]1O[C@@H](O[C@H]2[C@H](OC(=O)[C@]34CCC(C)(C)C[C@H]3C3=CC[C@@H]5[C@@]6(C)CC(O)C(O[C@@H]7O[C@H](CO)[C@@H](O)[C@H](O[C@@H]8OC[C@@H](O)[C@H](O)[C@H]8O)[C@H]7O)[C@@](C)(CO)[C@@H]6CC[C@@]5(C)[C@]3(C)CC4)OC[C@H](O)[C@@H]2O)[C@H](O)[C@H](O[C@@H]2OC[C@H](O)[C@H](O)[C@H]2O)[C@H]1O[C@@H]1OC[C@@H](O)[C@H](O[C@@H]2OC[C@](O)(CO)[C@H]2O)[C@H]1O. The second kappa shape index (κ2) is 29.4. The van der Waals surface area contributed by atoms with Crippen molar-refractivity contribution in [3.63, 3.8) is 0 Å². The zero-order chi connectivity index (χ0) is 73.3. The Morgan fingerprint density at radius 2 is 1.03 bits per heavy atom. The Labute approximate surface area is 583 Å². The summed E-state index contributed by atoms with van der Waals surface area (Å²) in [7, 11) is 0. The van der Waals surface area contributed by atoms with Crippen molar-refractivity contribution in [1.82, 2.24) is 0 Å². The maximum atomic E-state index is 15.7. The summed E-state index contributed by atoms with van der Waals surface area (Å²) in [5.41, 5.74) is -5.42. The van der Waals surface area contributed by atoms with Crippen molar-refractivity contribution in [1.29, 1.82) is 0 Å². The molecule has 5 aliphatic carbocycles. The minimum absolute atomic E-state index is 0.119. The van der Waals surface area contributed by atoms with Crippen LogP contribution in [0.15, 0.2) is 11.6 Å². The molecule has 7 aliphatic heterocycles. The van der Waals surface area contributed by atoms with Crippen LogP contribution in [0.1, 0.15) is 106 Å². The van der Waals surface area contributed by atoms with Gasteiger partial charge < -0.3 is 163 Å². The molecule has 2 unspecified atom stereocenters. The fraction of sp³-hybridized carbons (Fsp3) is 0.955. The Morgan fingerprint density at radius 1 is 0.495 bits per heavy atom. The van der Waals surface area contributed by atoms with Gasteiger partial charge in [-0.25, -0.2) is 0 Å². The lowest BCUT2D eigenvalue weighted by Crippen LogP contribution is -2.70. The standard InChI is InChI=1S/C67H108O34/c1-26-46(95-55-43(82)47(33(75)22-90-55)96-59-51(85)67(87,24-70)25-92-59)49(98-54-42(81)38(77)31(73)20-89-54)45(84)56(93-26)99-50-39(78)32(74)21-91-58(50)101-60(86)66-14-12-61(2,3)16-28(66)27-8-9-36-62(4)17-29(71)52(63(5,23-69)35(62)10-11-65(36,7)64(27,6)13-15-66)100-57-44(83)48(40(79)34(18-68)94-57)97-53-41(80)37(76)30(72)19-88-53/h8,26,28-59,68-85,87H,9-25H2,1-7H3/t26-,28-,29?,30+,31-,32-,33+,34+,35+,36+,37-,38-,39-,40+,41+,42+,43+,44+,45+,46-,47-,48-,49-,50+,51-,52?,53-,54-,55-,56-,57-,58-,59-,62-,63-,64+,65+,66-,67+/m0/s1. The van der Waals surface area contributed by atoms with Crippen molar-refractivity contribution in [3.05, 3.63) is 11.6 Å². The topological polar surface area (TPSA) is 531 Å². The molecule has 12 rings (SSSR count). The number of aliphatic hydroxyl groups is 19. The third-order valence-corrected chi connectivity index (χ3v) is 26.0. The van der Waals surface area contributed by atoms with Crippen molar-refractivity contribution < 1.29 is 168 Å². The summed E-state index contributed by atoms with van der Waals surface area (Å²) in [6, 6.07) is 0. The van der Waals surface area contributed by atoms with E-state index in [1.165, 1.54) is 6.92 Å².